The second kappa shape index (κ2) is 68.0. The minimum Gasteiger partial charge on any atom is -0.462 e. The van der Waals surface area contributed by atoms with E-state index in [-0.39, 0.29) is 37.5 Å². The van der Waals surface area contributed by atoms with Gasteiger partial charge >= 0.3 is 17.9 Å². The van der Waals surface area contributed by atoms with Gasteiger partial charge in [-0.25, -0.2) is 0 Å². The summed E-state index contributed by atoms with van der Waals surface area (Å²) in [5, 5.41) is 0. The summed E-state index contributed by atoms with van der Waals surface area (Å²) in [5.74, 6) is -1.01. The molecule has 0 aromatic rings. The van der Waals surface area contributed by atoms with Crippen LogP contribution < -0.4 is 0 Å². The molecule has 0 aliphatic carbocycles. The van der Waals surface area contributed by atoms with E-state index >= 15 is 0 Å². The van der Waals surface area contributed by atoms with Gasteiger partial charge in [0, 0.05) is 19.3 Å². The highest BCUT2D eigenvalue weighted by molar-refractivity contribution is 5.71. The Bertz CT molecular complexity index is 1920. The SMILES string of the molecule is CC/C=C\C/C=C\C/C=C\C/C=C\C/C=C\C/C=C\C/C=C\CCCCCC(=O)OCC(COC(=O)CCCCCCCCC/C=C\C/C=C\CCCCCC)OC(=O)CCCC/C=C\C/C=C\C/C=C\C/C=C\C/C=C\C/C=C\CC. The van der Waals surface area contributed by atoms with E-state index < -0.39 is 6.10 Å². The predicted octanol–water partition coefficient (Wildman–Crippen LogP) is 22.8. The van der Waals surface area contributed by atoms with Gasteiger partial charge in [-0.1, -0.05) is 261 Å². The first kappa shape index (κ1) is 76.5. The van der Waals surface area contributed by atoms with Gasteiger partial charge in [-0.15, -0.1) is 0 Å². The van der Waals surface area contributed by atoms with Crippen molar-refractivity contribution in [3.05, 3.63) is 182 Å². The molecule has 0 heterocycles. The Morgan fingerprint density at radius 2 is 0.476 bits per heavy atom. The van der Waals surface area contributed by atoms with Crippen LogP contribution in [0.25, 0.3) is 0 Å². The van der Waals surface area contributed by atoms with Crippen LogP contribution in [-0.2, 0) is 28.6 Å². The smallest absolute Gasteiger partial charge is 0.306 e. The van der Waals surface area contributed by atoms with E-state index in [9.17, 15) is 14.4 Å². The van der Waals surface area contributed by atoms with Gasteiger partial charge in [0.25, 0.3) is 0 Å². The molecule has 0 fully saturated rings. The number of esters is 3. The van der Waals surface area contributed by atoms with Crippen molar-refractivity contribution in [2.45, 2.75) is 264 Å². The molecule has 0 aliphatic heterocycles. The third-order valence-corrected chi connectivity index (χ3v) is 13.1. The van der Waals surface area contributed by atoms with Gasteiger partial charge in [0.2, 0.25) is 0 Å². The second-order valence-electron chi connectivity index (χ2n) is 20.9. The highest BCUT2D eigenvalue weighted by Gasteiger charge is 2.19. The van der Waals surface area contributed by atoms with Crippen molar-refractivity contribution in [1.29, 1.82) is 0 Å². The lowest BCUT2D eigenvalue weighted by molar-refractivity contribution is -0.167. The van der Waals surface area contributed by atoms with Crippen LogP contribution in [0.2, 0.25) is 0 Å². The van der Waals surface area contributed by atoms with E-state index in [0.717, 1.165) is 154 Å². The van der Waals surface area contributed by atoms with Crippen LogP contribution in [-0.4, -0.2) is 37.2 Å². The third-order valence-electron chi connectivity index (χ3n) is 13.1. The molecular weight excluding hydrogens is 1010 g/mol. The molecule has 0 spiro atoms. The summed E-state index contributed by atoms with van der Waals surface area (Å²) < 4.78 is 16.9. The van der Waals surface area contributed by atoms with Gasteiger partial charge < -0.3 is 14.2 Å². The molecule has 0 aromatic carbocycles. The monoisotopic (exact) mass is 1130 g/mol. The maximum atomic E-state index is 12.9. The van der Waals surface area contributed by atoms with Crippen LogP contribution >= 0.6 is 0 Å². The number of carbonyl (C=O) groups excluding carboxylic acids is 3. The zero-order chi connectivity index (χ0) is 59.2. The first-order chi connectivity index (χ1) is 40.5. The fourth-order valence-corrected chi connectivity index (χ4v) is 8.28. The van der Waals surface area contributed by atoms with Crippen molar-refractivity contribution >= 4 is 17.9 Å². The summed E-state index contributed by atoms with van der Waals surface area (Å²) in [5.41, 5.74) is 0. The minimum atomic E-state index is -0.832. The highest BCUT2D eigenvalue weighted by atomic mass is 16.6. The lowest BCUT2D eigenvalue weighted by atomic mass is 10.1. The van der Waals surface area contributed by atoms with E-state index in [1.54, 1.807) is 0 Å². The van der Waals surface area contributed by atoms with Crippen molar-refractivity contribution in [1.82, 2.24) is 0 Å². The summed E-state index contributed by atoms with van der Waals surface area (Å²) in [7, 11) is 0. The molecule has 1 atom stereocenters. The minimum absolute atomic E-state index is 0.120. The zero-order valence-electron chi connectivity index (χ0n) is 52.4. The summed E-state index contributed by atoms with van der Waals surface area (Å²) in [6.07, 6.45) is 102. The molecule has 82 heavy (non-hydrogen) atoms. The average molecular weight is 1130 g/mol. The average Bonchev–Trinajstić information content (AvgIpc) is 3.47. The molecule has 0 aliphatic rings. The van der Waals surface area contributed by atoms with Crippen LogP contribution in [0.3, 0.4) is 0 Å². The molecule has 0 radical (unpaired) electrons. The lowest BCUT2D eigenvalue weighted by Crippen LogP contribution is -2.30. The Labute approximate surface area is 504 Å². The highest BCUT2D eigenvalue weighted by Crippen LogP contribution is 2.13. The van der Waals surface area contributed by atoms with E-state index in [2.05, 4.69) is 203 Å². The second-order valence-corrected chi connectivity index (χ2v) is 20.9. The molecule has 0 saturated carbocycles. The Balaban J connectivity index is 4.59. The summed E-state index contributed by atoms with van der Waals surface area (Å²) in [6, 6.07) is 0. The topological polar surface area (TPSA) is 78.9 Å². The number of hydrogen-bond acceptors (Lipinski definition) is 6. The van der Waals surface area contributed by atoms with Crippen molar-refractivity contribution < 1.29 is 28.6 Å². The molecule has 1 unspecified atom stereocenters. The van der Waals surface area contributed by atoms with Crippen LogP contribution in [0, 0.1) is 0 Å². The van der Waals surface area contributed by atoms with Gasteiger partial charge in [-0.3, -0.25) is 14.4 Å². The van der Waals surface area contributed by atoms with Crippen molar-refractivity contribution in [3.8, 4) is 0 Å². The fourth-order valence-electron chi connectivity index (χ4n) is 8.28. The Morgan fingerprint density at radius 1 is 0.256 bits per heavy atom. The normalized spacial score (nSPS) is 13.4. The molecule has 6 nitrogen and oxygen atoms in total. The molecule has 0 amide bonds. The van der Waals surface area contributed by atoms with Gasteiger partial charge in [-0.2, -0.15) is 0 Å². The van der Waals surface area contributed by atoms with Crippen LogP contribution in [0.4, 0.5) is 0 Å². The summed E-state index contributed by atoms with van der Waals surface area (Å²) in [6.45, 7) is 6.32. The third kappa shape index (κ3) is 65.3. The largest absolute Gasteiger partial charge is 0.462 e. The number of unbranched alkanes of at least 4 members (excludes halogenated alkanes) is 16. The van der Waals surface area contributed by atoms with Crippen molar-refractivity contribution in [2.75, 3.05) is 13.2 Å². The Morgan fingerprint density at radius 3 is 0.780 bits per heavy atom. The van der Waals surface area contributed by atoms with E-state index in [4.69, 9.17) is 14.2 Å². The number of carbonyl (C=O) groups is 3. The summed E-state index contributed by atoms with van der Waals surface area (Å²) in [4.78, 5) is 38.4. The Kier molecular flexibility index (Phi) is 63.5. The number of rotatable bonds is 57. The van der Waals surface area contributed by atoms with Crippen LogP contribution in [0.1, 0.15) is 258 Å². The van der Waals surface area contributed by atoms with Crippen LogP contribution in [0.5, 0.6) is 0 Å². The number of allylic oxidation sites excluding steroid dienone is 30. The zero-order valence-corrected chi connectivity index (χ0v) is 52.4. The standard InChI is InChI=1S/C76H118O6/c1-4-7-10-13-16-19-22-25-28-31-34-36-37-38-39-41-42-45-48-51-54-57-60-63-66-69-75(78)81-72-73(71-80-74(77)68-65-62-59-56-53-50-47-44-33-30-27-24-21-18-15-12-9-6-3)82-76(79)70-67-64-61-58-55-52-49-46-43-40-35-32-29-26-23-20-17-14-11-8-5-2/h7-8,10-11,16-17,19-21,24-26,28-30,33-36,38-40,42,45-46,49,51,54-55,58,73H,4-6,9,12-15,18,22-23,27,31-32,37,41,43-44,47-48,50,52-53,56-57,59-72H2,1-3H3/b10-7-,11-8-,19-16-,20-17-,24-21-,28-25-,29-26-,33-30-,36-34-,39-38-,40-35-,45-42-,49-46-,54-51-,58-55-. The molecule has 458 valence electrons. The van der Waals surface area contributed by atoms with Crippen molar-refractivity contribution in [2.24, 2.45) is 0 Å². The van der Waals surface area contributed by atoms with Gasteiger partial charge in [-0.05, 0) is 161 Å². The lowest BCUT2D eigenvalue weighted by Gasteiger charge is -2.18. The molecule has 0 aromatic heterocycles. The molecule has 0 N–H and O–H groups in total. The number of ether oxygens (including phenoxy) is 3. The van der Waals surface area contributed by atoms with Gasteiger partial charge in [0.1, 0.15) is 13.2 Å². The van der Waals surface area contributed by atoms with Gasteiger partial charge in [0.05, 0.1) is 0 Å². The maximum absolute atomic E-state index is 12.9. The molecule has 6 heteroatoms. The molecular formula is C76H118O6. The predicted molar refractivity (Wildman–Crippen MR) is 357 cm³/mol. The quantitative estimate of drug-likeness (QED) is 0.0261. The van der Waals surface area contributed by atoms with E-state index in [1.807, 2.05) is 0 Å². The first-order valence-electron chi connectivity index (χ1n) is 32.8. The first-order valence-corrected chi connectivity index (χ1v) is 32.8. The van der Waals surface area contributed by atoms with E-state index in [1.165, 1.54) is 57.8 Å². The van der Waals surface area contributed by atoms with Gasteiger partial charge in [0.15, 0.2) is 6.10 Å². The Hall–Kier alpha value is -5.49. The summed E-state index contributed by atoms with van der Waals surface area (Å²) >= 11 is 0. The molecule has 0 rings (SSSR count). The number of hydrogen-bond donors (Lipinski definition) is 0. The molecule has 0 bridgehead atoms. The maximum Gasteiger partial charge on any atom is 0.306 e. The van der Waals surface area contributed by atoms with Crippen molar-refractivity contribution in [3.63, 3.8) is 0 Å². The van der Waals surface area contributed by atoms with E-state index in [0.29, 0.717) is 19.3 Å². The van der Waals surface area contributed by atoms with Crippen LogP contribution in [0.15, 0.2) is 182 Å². The fraction of sp³-hybridized carbons (Fsp3) is 0.566. The molecule has 0 saturated heterocycles.